The van der Waals surface area contributed by atoms with E-state index >= 15 is 0 Å². The second kappa shape index (κ2) is 7.25. The van der Waals surface area contributed by atoms with Crippen LogP contribution >= 0.6 is 0 Å². The van der Waals surface area contributed by atoms with E-state index in [1.54, 1.807) is 0 Å². The molecular weight excluding hydrogens is 290 g/mol. The van der Waals surface area contributed by atoms with Gasteiger partial charge in [-0.3, -0.25) is 4.79 Å². The normalized spacial score (nSPS) is 21.3. The Morgan fingerprint density at radius 1 is 1.33 bits per heavy atom. The number of ether oxygens (including phenoxy) is 2. The fourth-order valence-corrected chi connectivity index (χ4v) is 2.94. The zero-order chi connectivity index (χ0) is 13.9. The fraction of sp³-hybridized carbons (Fsp3) is 0.562. The Hall–Kier alpha value is -1.10. The van der Waals surface area contributed by atoms with Gasteiger partial charge in [0.25, 0.3) is 0 Å². The number of carbonyl (C=O) groups excluding carboxylic acids is 1. The lowest BCUT2D eigenvalue weighted by Gasteiger charge is -2.23. The Morgan fingerprint density at radius 3 is 2.86 bits per heavy atom. The van der Waals surface area contributed by atoms with Crippen LogP contribution in [0.3, 0.4) is 0 Å². The minimum Gasteiger partial charge on any atom is -1.00 e. The monoisotopic (exact) mass is 311 g/mol. The van der Waals surface area contributed by atoms with Gasteiger partial charge in [0.05, 0.1) is 26.2 Å². The maximum atomic E-state index is 12.3. The average molecular weight is 312 g/mol. The summed E-state index contributed by atoms with van der Waals surface area (Å²) in [7, 11) is 0. The molecule has 1 fully saturated rings. The van der Waals surface area contributed by atoms with Gasteiger partial charge in [0.15, 0.2) is 5.78 Å². The van der Waals surface area contributed by atoms with Crippen LogP contribution in [0.5, 0.6) is 5.75 Å². The zero-order valence-corrected chi connectivity index (χ0v) is 13.1. The summed E-state index contributed by atoms with van der Waals surface area (Å²) in [5.41, 5.74) is 2.00. The van der Waals surface area contributed by atoms with Crippen molar-refractivity contribution in [1.29, 1.82) is 0 Å². The van der Waals surface area contributed by atoms with Gasteiger partial charge in [-0.05, 0) is 30.7 Å². The molecule has 2 aliphatic heterocycles. The highest BCUT2D eigenvalue weighted by molar-refractivity contribution is 5.96. The number of rotatable bonds is 4. The van der Waals surface area contributed by atoms with Gasteiger partial charge >= 0.3 is 0 Å². The minimum absolute atomic E-state index is 0. The molecule has 0 bridgehead atoms. The van der Waals surface area contributed by atoms with Gasteiger partial charge in [-0.2, -0.15) is 0 Å². The van der Waals surface area contributed by atoms with Gasteiger partial charge in [-0.25, -0.2) is 0 Å². The fourth-order valence-electron chi connectivity index (χ4n) is 2.94. The summed E-state index contributed by atoms with van der Waals surface area (Å²) in [6.07, 6.45) is 1.75. The first-order valence-corrected chi connectivity index (χ1v) is 7.46. The molecule has 1 atom stereocenters. The number of hydrogen-bond donors (Lipinski definition) is 1. The van der Waals surface area contributed by atoms with E-state index < -0.39 is 0 Å². The summed E-state index contributed by atoms with van der Waals surface area (Å²) in [6.45, 7) is 6.64. The van der Waals surface area contributed by atoms with Crippen LogP contribution < -0.4 is 22.0 Å². The number of fused-ring (bicyclic) bond motifs is 1. The molecule has 0 aromatic heterocycles. The number of ketones is 1. The van der Waals surface area contributed by atoms with Crippen LogP contribution in [-0.4, -0.2) is 44.7 Å². The number of Topliss-reactive ketones (excluding diaryl/α,β-unsaturated/α-hetero) is 1. The third-order valence-electron chi connectivity index (χ3n) is 4.12. The Labute approximate surface area is 131 Å². The Morgan fingerprint density at radius 2 is 2.10 bits per heavy atom. The lowest BCUT2D eigenvalue weighted by Crippen LogP contribution is -3.14. The number of morpholine rings is 1. The van der Waals surface area contributed by atoms with Crippen molar-refractivity contribution in [3.05, 3.63) is 29.3 Å². The minimum atomic E-state index is 0. The van der Waals surface area contributed by atoms with Gasteiger partial charge in [-0.1, -0.05) is 0 Å². The summed E-state index contributed by atoms with van der Waals surface area (Å²) < 4.78 is 11.0. The molecule has 0 spiro atoms. The molecule has 1 aromatic carbocycles. The van der Waals surface area contributed by atoms with Crippen molar-refractivity contribution in [2.24, 2.45) is 0 Å². The lowest BCUT2D eigenvalue weighted by atomic mass is 10.0. The van der Waals surface area contributed by atoms with Gasteiger partial charge < -0.3 is 26.8 Å². The first kappa shape index (κ1) is 16.3. The lowest BCUT2D eigenvalue weighted by molar-refractivity contribution is -0.907. The summed E-state index contributed by atoms with van der Waals surface area (Å²) in [4.78, 5) is 13.8. The van der Waals surface area contributed by atoms with Crippen molar-refractivity contribution in [2.75, 3.05) is 32.8 Å². The SMILES string of the molecule is CC1Cc2cc(C(=O)CC[NH+]3CCOCC3)ccc2O1.[Cl-]. The smallest absolute Gasteiger partial charge is 0.168 e. The third kappa shape index (κ3) is 3.96. The molecule has 3 rings (SSSR count). The molecule has 0 radical (unpaired) electrons. The molecule has 2 heterocycles. The molecule has 2 aliphatic rings. The van der Waals surface area contributed by atoms with Gasteiger partial charge in [0, 0.05) is 12.0 Å². The molecule has 1 aromatic rings. The maximum Gasteiger partial charge on any atom is 0.168 e. The van der Waals surface area contributed by atoms with Crippen LogP contribution in [0.15, 0.2) is 18.2 Å². The molecule has 0 aliphatic carbocycles. The molecule has 1 unspecified atom stereocenters. The van der Waals surface area contributed by atoms with E-state index in [4.69, 9.17) is 9.47 Å². The van der Waals surface area contributed by atoms with Gasteiger partial charge in [0.1, 0.15) is 24.9 Å². The number of hydrogen-bond acceptors (Lipinski definition) is 3. The van der Waals surface area contributed by atoms with Crippen LogP contribution in [0.25, 0.3) is 0 Å². The Balaban J connectivity index is 0.00000161. The van der Waals surface area contributed by atoms with Crippen molar-refractivity contribution in [3.63, 3.8) is 0 Å². The number of halogens is 1. The molecule has 21 heavy (non-hydrogen) atoms. The largest absolute Gasteiger partial charge is 1.00 e. The van der Waals surface area contributed by atoms with E-state index in [1.807, 2.05) is 18.2 Å². The molecule has 1 N–H and O–H groups in total. The van der Waals surface area contributed by atoms with E-state index in [2.05, 4.69) is 6.92 Å². The molecular formula is C16H22ClNO3. The van der Waals surface area contributed by atoms with E-state index in [-0.39, 0.29) is 24.3 Å². The number of carbonyl (C=O) groups is 1. The highest BCUT2D eigenvalue weighted by atomic mass is 35.5. The maximum absolute atomic E-state index is 12.3. The van der Waals surface area contributed by atoms with Crippen molar-refractivity contribution in [3.8, 4) is 5.75 Å². The third-order valence-corrected chi connectivity index (χ3v) is 4.12. The van der Waals surface area contributed by atoms with Crippen LogP contribution in [0, 0.1) is 0 Å². The molecule has 4 nitrogen and oxygen atoms in total. The van der Waals surface area contributed by atoms with Crippen LogP contribution in [0.2, 0.25) is 0 Å². The molecule has 5 heteroatoms. The second-order valence-corrected chi connectivity index (χ2v) is 5.74. The summed E-state index contributed by atoms with van der Waals surface area (Å²) in [5, 5.41) is 0. The van der Waals surface area contributed by atoms with E-state index in [9.17, 15) is 4.79 Å². The highest BCUT2D eigenvalue weighted by Gasteiger charge is 2.21. The average Bonchev–Trinajstić information content (AvgIpc) is 2.85. The van der Waals surface area contributed by atoms with Crippen molar-refractivity contribution < 1.29 is 31.6 Å². The van der Waals surface area contributed by atoms with E-state index in [1.165, 1.54) is 10.5 Å². The second-order valence-electron chi connectivity index (χ2n) is 5.74. The summed E-state index contributed by atoms with van der Waals surface area (Å²) in [5.74, 6) is 1.18. The molecule has 0 saturated carbocycles. The topological polar surface area (TPSA) is 40.0 Å². The Kier molecular flexibility index (Phi) is 5.62. The quantitative estimate of drug-likeness (QED) is 0.625. The first-order chi connectivity index (χ1) is 9.72. The highest BCUT2D eigenvalue weighted by Crippen LogP contribution is 2.29. The van der Waals surface area contributed by atoms with Crippen molar-refractivity contribution in [1.82, 2.24) is 0 Å². The molecule has 1 saturated heterocycles. The van der Waals surface area contributed by atoms with Crippen LogP contribution in [0.1, 0.15) is 29.3 Å². The first-order valence-electron chi connectivity index (χ1n) is 7.46. The predicted octanol–water partition coefficient (Wildman–Crippen LogP) is -2.50. The summed E-state index contributed by atoms with van der Waals surface area (Å²) >= 11 is 0. The number of nitrogens with one attached hydrogen (secondary N) is 1. The van der Waals surface area contributed by atoms with Gasteiger partial charge in [0.2, 0.25) is 0 Å². The molecule has 0 amide bonds. The van der Waals surface area contributed by atoms with Gasteiger partial charge in [-0.15, -0.1) is 0 Å². The van der Waals surface area contributed by atoms with Crippen LogP contribution in [0.4, 0.5) is 0 Å². The number of benzene rings is 1. The van der Waals surface area contributed by atoms with E-state index in [0.717, 1.165) is 50.6 Å². The standard InChI is InChI=1S/C16H21NO3.ClH/c1-12-10-14-11-13(2-3-16(14)20-12)15(18)4-5-17-6-8-19-9-7-17;/h2-3,11-12H,4-10H2,1H3;1H. The summed E-state index contributed by atoms with van der Waals surface area (Å²) in [6, 6.07) is 5.84. The molecule has 116 valence electrons. The van der Waals surface area contributed by atoms with Crippen LogP contribution in [-0.2, 0) is 11.2 Å². The number of quaternary nitrogens is 1. The van der Waals surface area contributed by atoms with Crippen molar-refractivity contribution >= 4 is 5.78 Å². The predicted molar refractivity (Wildman–Crippen MR) is 75.6 cm³/mol. The van der Waals surface area contributed by atoms with E-state index in [0.29, 0.717) is 6.42 Å². The Bertz CT molecular complexity index is 500. The zero-order valence-electron chi connectivity index (χ0n) is 12.4. The van der Waals surface area contributed by atoms with Crippen molar-refractivity contribution in [2.45, 2.75) is 25.9 Å².